The van der Waals surface area contributed by atoms with Gasteiger partial charge in [0.05, 0.1) is 0 Å². The van der Waals surface area contributed by atoms with Gasteiger partial charge in [-0.1, -0.05) is 258 Å². The number of ether oxygens (including phenoxy) is 3. The monoisotopic (exact) mass is 875 g/mol. The van der Waals surface area contributed by atoms with Crippen molar-refractivity contribution in [3.8, 4) is 0 Å². The van der Waals surface area contributed by atoms with Crippen LogP contribution in [0, 0.1) is 0 Å². The Bertz CT molecular complexity index is 962. The van der Waals surface area contributed by atoms with Gasteiger partial charge in [-0.25, -0.2) is 0 Å². The molecule has 6 heteroatoms. The van der Waals surface area contributed by atoms with E-state index >= 15 is 0 Å². The van der Waals surface area contributed by atoms with Crippen LogP contribution in [0.1, 0.15) is 310 Å². The summed E-state index contributed by atoms with van der Waals surface area (Å²) in [4.78, 5) is 38.0. The molecule has 0 bridgehead atoms. The van der Waals surface area contributed by atoms with Crippen molar-refractivity contribution in [3.05, 3.63) is 12.2 Å². The molecule has 0 aliphatic rings. The van der Waals surface area contributed by atoms with Crippen LogP contribution in [0.3, 0.4) is 0 Å². The molecule has 0 saturated carbocycles. The summed E-state index contributed by atoms with van der Waals surface area (Å²) in [6, 6.07) is 0. The van der Waals surface area contributed by atoms with Crippen LogP contribution in [0.5, 0.6) is 0 Å². The molecule has 0 N–H and O–H groups in total. The summed E-state index contributed by atoms with van der Waals surface area (Å²) in [6.45, 7) is 6.67. The van der Waals surface area contributed by atoms with Crippen LogP contribution in [-0.4, -0.2) is 37.2 Å². The van der Waals surface area contributed by atoms with Crippen LogP contribution in [0.2, 0.25) is 0 Å². The van der Waals surface area contributed by atoms with E-state index in [-0.39, 0.29) is 31.1 Å². The number of esters is 3. The molecule has 0 heterocycles. The normalized spacial score (nSPS) is 12.0. The number of allylic oxidation sites excluding steroid dienone is 2. The Morgan fingerprint density at radius 3 is 0.806 bits per heavy atom. The van der Waals surface area contributed by atoms with Crippen molar-refractivity contribution in [2.75, 3.05) is 13.2 Å². The van der Waals surface area contributed by atoms with Gasteiger partial charge in [-0.3, -0.25) is 14.4 Å². The van der Waals surface area contributed by atoms with Crippen LogP contribution in [0.25, 0.3) is 0 Å². The van der Waals surface area contributed by atoms with Crippen LogP contribution >= 0.6 is 0 Å². The third-order valence-electron chi connectivity index (χ3n) is 12.5. The first-order valence-electron chi connectivity index (χ1n) is 27.7. The molecule has 0 rings (SSSR count). The summed E-state index contributed by atoms with van der Waals surface area (Å²) in [5, 5.41) is 0. The summed E-state index contributed by atoms with van der Waals surface area (Å²) in [5.41, 5.74) is 0. The van der Waals surface area contributed by atoms with Gasteiger partial charge < -0.3 is 14.2 Å². The maximum atomic E-state index is 12.8. The zero-order chi connectivity index (χ0) is 45.1. The quantitative estimate of drug-likeness (QED) is 0.0262. The van der Waals surface area contributed by atoms with Crippen molar-refractivity contribution in [1.29, 1.82) is 0 Å². The fourth-order valence-electron chi connectivity index (χ4n) is 8.32. The highest BCUT2D eigenvalue weighted by atomic mass is 16.6. The number of hydrogen-bond donors (Lipinski definition) is 0. The van der Waals surface area contributed by atoms with Crippen molar-refractivity contribution < 1.29 is 28.6 Å². The lowest BCUT2D eigenvalue weighted by Gasteiger charge is -2.18. The largest absolute Gasteiger partial charge is 0.462 e. The molecule has 62 heavy (non-hydrogen) atoms. The minimum absolute atomic E-state index is 0.0667. The lowest BCUT2D eigenvalue weighted by atomic mass is 10.0. The Morgan fingerprint density at radius 2 is 0.532 bits per heavy atom. The first-order chi connectivity index (χ1) is 30.5. The van der Waals surface area contributed by atoms with Gasteiger partial charge in [0.2, 0.25) is 0 Å². The topological polar surface area (TPSA) is 78.9 Å². The van der Waals surface area contributed by atoms with E-state index in [1.807, 2.05) is 0 Å². The third kappa shape index (κ3) is 49.2. The van der Waals surface area contributed by atoms with E-state index in [1.54, 1.807) is 0 Å². The summed E-state index contributed by atoms with van der Waals surface area (Å²) in [7, 11) is 0. The average molecular weight is 875 g/mol. The van der Waals surface area contributed by atoms with E-state index in [9.17, 15) is 14.4 Å². The molecule has 0 aromatic rings. The third-order valence-corrected chi connectivity index (χ3v) is 12.5. The molecule has 0 aliphatic heterocycles. The van der Waals surface area contributed by atoms with Crippen LogP contribution in [0.4, 0.5) is 0 Å². The zero-order valence-corrected chi connectivity index (χ0v) is 41.9. The first-order valence-corrected chi connectivity index (χ1v) is 27.7. The summed E-state index contributed by atoms with van der Waals surface area (Å²) in [5.74, 6) is -0.854. The Hall–Kier alpha value is -1.85. The van der Waals surface area contributed by atoms with E-state index < -0.39 is 6.10 Å². The Morgan fingerprint density at radius 1 is 0.306 bits per heavy atom. The van der Waals surface area contributed by atoms with Crippen molar-refractivity contribution in [2.45, 2.75) is 316 Å². The molecule has 0 aromatic carbocycles. The molecule has 366 valence electrons. The molecule has 0 saturated heterocycles. The number of rotatable bonds is 51. The van der Waals surface area contributed by atoms with Gasteiger partial charge in [-0.2, -0.15) is 0 Å². The van der Waals surface area contributed by atoms with Crippen molar-refractivity contribution in [3.63, 3.8) is 0 Å². The van der Waals surface area contributed by atoms with Crippen molar-refractivity contribution in [2.24, 2.45) is 0 Å². The number of unbranched alkanes of at least 4 members (excludes halogenated alkanes) is 38. The molecule has 0 amide bonds. The van der Waals surface area contributed by atoms with Crippen LogP contribution in [-0.2, 0) is 28.6 Å². The highest BCUT2D eigenvalue weighted by Gasteiger charge is 2.19. The number of hydrogen-bond acceptors (Lipinski definition) is 6. The van der Waals surface area contributed by atoms with Gasteiger partial charge >= 0.3 is 17.9 Å². The highest BCUT2D eigenvalue weighted by Crippen LogP contribution is 2.17. The lowest BCUT2D eigenvalue weighted by Crippen LogP contribution is -2.30. The van der Waals surface area contributed by atoms with Gasteiger partial charge in [0, 0.05) is 19.3 Å². The minimum Gasteiger partial charge on any atom is -0.462 e. The van der Waals surface area contributed by atoms with Gasteiger partial charge in [-0.05, 0) is 44.9 Å². The molecule has 0 fully saturated rings. The predicted octanol–water partition coefficient (Wildman–Crippen LogP) is 18.2. The van der Waals surface area contributed by atoms with Gasteiger partial charge in [0.15, 0.2) is 6.10 Å². The molecule has 0 aromatic heterocycles. The molecule has 0 unspecified atom stereocenters. The molecule has 1 atom stereocenters. The summed E-state index contributed by atoms with van der Waals surface area (Å²) < 4.78 is 16.8. The van der Waals surface area contributed by atoms with E-state index in [0.29, 0.717) is 19.3 Å². The first kappa shape index (κ1) is 60.2. The number of carbonyl (C=O) groups is 3. The Labute approximate surface area is 386 Å². The van der Waals surface area contributed by atoms with Crippen molar-refractivity contribution in [1.82, 2.24) is 0 Å². The molecular formula is C56H106O6. The summed E-state index contributed by atoms with van der Waals surface area (Å²) >= 11 is 0. The second-order valence-electron chi connectivity index (χ2n) is 18.9. The average Bonchev–Trinajstić information content (AvgIpc) is 3.27. The molecule has 0 radical (unpaired) electrons. The van der Waals surface area contributed by atoms with Crippen LogP contribution < -0.4 is 0 Å². The standard InChI is InChI=1S/C56H106O6/c1-4-7-10-13-16-19-22-25-28-31-34-37-40-43-46-49-55(58)61-52-53(51-60-54(57)48-45-42-39-36-33-30-27-24-21-18-15-12-9-6-3)62-56(59)50-47-44-41-38-35-32-29-26-23-20-17-14-11-8-5-2/h25,28,53H,4-24,26-27,29-52H2,1-3H3/b28-25-/t53-/m1/s1. The van der Waals surface area contributed by atoms with Crippen molar-refractivity contribution >= 4 is 17.9 Å². The van der Waals surface area contributed by atoms with Gasteiger partial charge in [0.25, 0.3) is 0 Å². The lowest BCUT2D eigenvalue weighted by molar-refractivity contribution is -0.167. The smallest absolute Gasteiger partial charge is 0.306 e. The van der Waals surface area contributed by atoms with Crippen LogP contribution in [0.15, 0.2) is 12.2 Å². The minimum atomic E-state index is -0.766. The maximum Gasteiger partial charge on any atom is 0.306 e. The fraction of sp³-hybridized carbons (Fsp3) is 0.911. The highest BCUT2D eigenvalue weighted by molar-refractivity contribution is 5.71. The van der Waals surface area contributed by atoms with Gasteiger partial charge in [-0.15, -0.1) is 0 Å². The van der Waals surface area contributed by atoms with E-state index in [4.69, 9.17) is 14.2 Å². The second kappa shape index (κ2) is 51.8. The van der Waals surface area contributed by atoms with E-state index in [2.05, 4.69) is 32.9 Å². The number of carbonyl (C=O) groups excluding carboxylic acids is 3. The van der Waals surface area contributed by atoms with Gasteiger partial charge in [0.1, 0.15) is 13.2 Å². The molecule has 0 spiro atoms. The molecule has 6 nitrogen and oxygen atoms in total. The Balaban J connectivity index is 4.33. The van der Waals surface area contributed by atoms with E-state index in [1.165, 1.54) is 205 Å². The molecular weight excluding hydrogens is 769 g/mol. The molecule has 0 aliphatic carbocycles. The Kier molecular flexibility index (Phi) is 50.2. The summed E-state index contributed by atoms with van der Waals surface area (Å²) in [6.07, 6.45) is 57.6. The fourth-order valence-corrected chi connectivity index (χ4v) is 8.32. The second-order valence-corrected chi connectivity index (χ2v) is 18.9. The maximum absolute atomic E-state index is 12.8. The predicted molar refractivity (Wildman–Crippen MR) is 266 cm³/mol. The van der Waals surface area contributed by atoms with E-state index in [0.717, 1.165) is 64.2 Å². The SMILES string of the molecule is CCCCCCCC/C=C\CCCCCCCC(=O)OC[C@@H](COC(=O)CCCCCCCCCCCCCCCC)OC(=O)CCCCCCCCCCCCCCCCC. The zero-order valence-electron chi connectivity index (χ0n) is 41.9.